The molecular formula is C14H20BrNO2. The highest BCUT2D eigenvalue weighted by Gasteiger charge is 2.26. The molecule has 3 nitrogen and oxygen atoms in total. The Hall–Kier alpha value is -1.03. The molecule has 1 aromatic carbocycles. The predicted molar refractivity (Wildman–Crippen MR) is 77.0 cm³/mol. The smallest absolute Gasteiger partial charge is 0.404 e. The van der Waals surface area contributed by atoms with Gasteiger partial charge in [-0.05, 0) is 35.4 Å². The van der Waals surface area contributed by atoms with Crippen molar-refractivity contribution in [1.82, 2.24) is 5.32 Å². The van der Waals surface area contributed by atoms with Crippen LogP contribution in [0.1, 0.15) is 38.7 Å². The lowest BCUT2D eigenvalue weighted by atomic mass is 9.74. The summed E-state index contributed by atoms with van der Waals surface area (Å²) in [5, 5.41) is 11.1. The Morgan fingerprint density at radius 3 is 2.61 bits per heavy atom. The molecule has 0 spiro atoms. The van der Waals surface area contributed by atoms with Crippen molar-refractivity contribution in [2.24, 2.45) is 5.41 Å². The standard InChI is InChI=1S/C14H20BrNO2/c1-14(2,3)12(7-8-16-13(17)18)10-5-4-6-11(15)9-10/h4-6,9,12,16H,7-8H2,1-3H3,(H,17,18). The Bertz CT molecular complexity index is 413. The molecule has 0 fully saturated rings. The van der Waals surface area contributed by atoms with Gasteiger partial charge < -0.3 is 10.4 Å². The maximum Gasteiger partial charge on any atom is 0.404 e. The summed E-state index contributed by atoms with van der Waals surface area (Å²) in [6, 6.07) is 8.22. The van der Waals surface area contributed by atoms with Crippen LogP contribution in [0, 0.1) is 5.41 Å². The van der Waals surface area contributed by atoms with E-state index in [9.17, 15) is 4.79 Å². The summed E-state index contributed by atoms with van der Waals surface area (Å²) >= 11 is 3.48. The molecule has 0 saturated carbocycles. The van der Waals surface area contributed by atoms with Crippen LogP contribution in [0.4, 0.5) is 4.79 Å². The van der Waals surface area contributed by atoms with Crippen LogP contribution in [-0.4, -0.2) is 17.7 Å². The zero-order valence-electron chi connectivity index (χ0n) is 11.0. The van der Waals surface area contributed by atoms with Gasteiger partial charge >= 0.3 is 6.09 Å². The molecular weight excluding hydrogens is 294 g/mol. The van der Waals surface area contributed by atoms with Crippen molar-refractivity contribution in [3.8, 4) is 0 Å². The molecule has 4 heteroatoms. The number of benzene rings is 1. The van der Waals surface area contributed by atoms with Gasteiger partial charge in [-0.15, -0.1) is 0 Å². The van der Waals surface area contributed by atoms with Crippen molar-refractivity contribution in [2.75, 3.05) is 6.54 Å². The highest BCUT2D eigenvalue weighted by molar-refractivity contribution is 9.10. The quantitative estimate of drug-likeness (QED) is 0.873. The number of hydrogen-bond donors (Lipinski definition) is 2. The number of carboxylic acid groups (broad SMARTS) is 1. The minimum atomic E-state index is -0.961. The molecule has 100 valence electrons. The highest BCUT2D eigenvalue weighted by atomic mass is 79.9. The van der Waals surface area contributed by atoms with Crippen LogP contribution in [0.15, 0.2) is 28.7 Å². The van der Waals surface area contributed by atoms with Crippen molar-refractivity contribution in [1.29, 1.82) is 0 Å². The molecule has 0 radical (unpaired) electrons. The maximum absolute atomic E-state index is 10.5. The lowest BCUT2D eigenvalue weighted by Crippen LogP contribution is -2.27. The summed E-state index contributed by atoms with van der Waals surface area (Å²) < 4.78 is 1.06. The third kappa shape index (κ3) is 4.69. The van der Waals surface area contributed by atoms with E-state index < -0.39 is 6.09 Å². The van der Waals surface area contributed by atoms with E-state index >= 15 is 0 Å². The van der Waals surface area contributed by atoms with E-state index in [0.717, 1.165) is 10.9 Å². The summed E-state index contributed by atoms with van der Waals surface area (Å²) in [5.74, 6) is 0.321. The van der Waals surface area contributed by atoms with Crippen LogP contribution >= 0.6 is 15.9 Å². The predicted octanol–water partition coefficient (Wildman–Crippen LogP) is 4.24. The second-order valence-corrected chi connectivity index (χ2v) is 6.41. The van der Waals surface area contributed by atoms with Crippen molar-refractivity contribution >= 4 is 22.0 Å². The number of hydrogen-bond acceptors (Lipinski definition) is 1. The van der Waals surface area contributed by atoms with Crippen LogP contribution in [0.2, 0.25) is 0 Å². The van der Waals surface area contributed by atoms with E-state index in [-0.39, 0.29) is 5.41 Å². The van der Waals surface area contributed by atoms with E-state index in [1.807, 2.05) is 12.1 Å². The summed E-state index contributed by atoms with van der Waals surface area (Å²) in [6.45, 7) is 7.02. The van der Waals surface area contributed by atoms with Crippen LogP contribution in [0.5, 0.6) is 0 Å². The van der Waals surface area contributed by atoms with Gasteiger partial charge in [0.2, 0.25) is 0 Å². The Labute approximate surface area is 117 Å². The minimum absolute atomic E-state index is 0.0982. The van der Waals surface area contributed by atoms with Gasteiger partial charge in [0.1, 0.15) is 0 Å². The van der Waals surface area contributed by atoms with Crippen LogP contribution < -0.4 is 5.32 Å². The summed E-state index contributed by atoms with van der Waals surface area (Å²) in [4.78, 5) is 10.5. The third-order valence-electron chi connectivity index (χ3n) is 3.01. The first-order chi connectivity index (χ1) is 8.30. The van der Waals surface area contributed by atoms with Crippen LogP contribution in [-0.2, 0) is 0 Å². The fourth-order valence-electron chi connectivity index (χ4n) is 2.15. The second-order valence-electron chi connectivity index (χ2n) is 5.49. The van der Waals surface area contributed by atoms with Gasteiger partial charge in [-0.1, -0.05) is 48.8 Å². The van der Waals surface area contributed by atoms with E-state index in [4.69, 9.17) is 5.11 Å². The lowest BCUT2D eigenvalue weighted by molar-refractivity contribution is 0.192. The van der Waals surface area contributed by atoms with E-state index in [0.29, 0.717) is 12.5 Å². The molecule has 1 rings (SSSR count). The maximum atomic E-state index is 10.5. The fraction of sp³-hybridized carbons (Fsp3) is 0.500. The van der Waals surface area contributed by atoms with Crippen LogP contribution in [0.3, 0.4) is 0 Å². The van der Waals surface area contributed by atoms with Crippen molar-refractivity contribution in [3.05, 3.63) is 34.3 Å². The van der Waals surface area contributed by atoms with Gasteiger partial charge in [0, 0.05) is 11.0 Å². The third-order valence-corrected chi connectivity index (χ3v) is 3.50. The molecule has 0 aliphatic carbocycles. The molecule has 2 N–H and O–H groups in total. The Balaban J connectivity index is 2.82. The van der Waals surface area contributed by atoms with E-state index in [1.165, 1.54) is 5.56 Å². The van der Waals surface area contributed by atoms with E-state index in [1.54, 1.807) is 0 Å². The molecule has 0 aromatic heterocycles. The van der Waals surface area contributed by atoms with Crippen molar-refractivity contribution in [2.45, 2.75) is 33.1 Å². The molecule has 1 amide bonds. The number of rotatable bonds is 4. The summed E-state index contributed by atoms with van der Waals surface area (Å²) in [5.41, 5.74) is 1.34. The topological polar surface area (TPSA) is 49.3 Å². The molecule has 1 atom stereocenters. The first-order valence-corrected chi connectivity index (χ1v) is 6.82. The zero-order chi connectivity index (χ0) is 13.8. The Kier molecular flexibility index (Phi) is 5.20. The number of amides is 1. The molecule has 1 aromatic rings. The van der Waals surface area contributed by atoms with Crippen molar-refractivity contribution < 1.29 is 9.90 Å². The molecule has 0 heterocycles. The lowest BCUT2D eigenvalue weighted by Gasteiger charge is -2.31. The SMILES string of the molecule is CC(C)(C)C(CCNC(=O)O)c1cccc(Br)c1. The number of nitrogens with one attached hydrogen (secondary N) is 1. The first kappa shape index (κ1) is 15.0. The fourth-order valence-corrected chi connectivity index (χ4v) is 2.56. The van der Waals surface area contributed by atoms with Gasteiger partial charge in [0.25, 0.3) is 0 Å². The van der Waals surface area contributed by atoms with Gasteiger partial charge in [-0.2, -0.15) is 0 Å². The Morgan fingerprint density at radius 2 is 2.11 bits per heavy atom. The van der Waals surface area contributed by atoms with Gasteiger partial charge in [0.05, 0.1) is 0 Å². The molecule has 18 heavy (non-hydrogen) atoms. The molecule has 1 unspecified atom stereocenters. The molecule has 0 aliphatic rings. The zero-order valence-corrected chi connectivity index (χ0v) is 12.6. The van der Waals surface area contributed by atoms with E-state index in [2.05, 4.69) is 54.2 Å². The number of halogens is 1. The largest absolute Gasteiger partial charge is 0.465 e. The van der Waals surface area contributed by atoms with Gasteiger partial charge in [-0.25, -0.2) is 4.79 Å². The van der Waals surface area contributed by atoms with Crippen molar-refractivity contribution in [3.63, 3.8) is 0 Å². The second kappa shape index (κ2) is 6.23. The molecule has 0 bridgehead atoms. The minimum Gasteiger partial charge on any atom is -0.465 e. The highest BCUT2D eigenvalue weighted by Crippen LogP contribution is 2.38. The summed E-state index contributed by atoms with van der Waals surface area (Å²) in [7, 11) is 0. The number of carbonyl (C=O) groups is 1. The summed E-state index contributed by atoms with van der Waals surface area (Å²) in [6.07, 6.45) is -0.163. The normalized spacial score (nSPS) is 13.1. The first-order valence-electron chi connectivity index (χ1n) is 6.03. The van der Waals surface area contributed by atoms with Crippen LogP contribution in [0.25, 0.3) is 0 Å². The monoisotopic (exact) mass is 313 g/mol. The van der Waals surface area contributed by atoms with Gasteiger partial charge in [0.15, 0.2) is 0 Å². The molecule has 0 saturated heterocycles. The van der Waals surface area contributed by atoms with Gasteiger partial charge in [-0.3, -0.25) is 0 Å². The Morgan fingerprint density at radius 1 is 1.44 bits per heavy atom. The average Bonchev–Trinajstić information content (AvgIpc) is 2.22. The average molecular weight is 314 g/mol. The molecule has 0 aliphatic heterocycles.